The number of unbranched alkanes of at least 4 members (excludes halogenated alkanes) is 1. The van der Waals surface area contributed by atoms with E-state index in [2.05, 4.69) is 32.3 Å². The lowest BCUT2D eigenvalue weighted by molar-refractivity contribution is 0.0953. The molecular weight excluding hydrogens is 457 g/mol. The molecule has 0 saturated carbocycles. The van der Waals surface area contributed by atoms with Gasteiger partial charge in [0.25, 0.3) is 5.91 Å². The predicted octanol–water partition coefficient (Wildman–Crippen LogP) is 4.28. The summed E-state index contributed by atoms with van der Waals surface area (Å²) in [5, 5.41) is 11.2. The molecule has 0 radical (unpaired) electrons. The van der Waals surface area contributed by atoms with E-state index >= 15 is 0 Å². The molecule has 0 spiro atoms. The van der Waals surface area contributed by atoms with E-state index in [1.165, 1.54) is 12.1 Å². The summed E-state index contributed by atoms with van der Waals surface area (Å²) in [7, 11) is 0. The molecular formula is C27H30FN7O. The molecule has 2 aromatic carbocycles. The van der Waals surface area contributed by atoms with Crippen LogP contribution in [0.1, 0.15) is 43.0 Å². The molecule has 2 aromatic heterocycles. The second-order valence-corrected chi connectivity index (χ2v) is 9.22. The summed E-state index contributed by atoms with van der Waals surface area (Å²) in [4.78, 5) is 23.9. The third-order valence-electron chi connectivity index (χ3n) is 6.65. The average Bonchev–Trinajstić information content (AvgIpc) is 3.33. The van der Waals surface area contributed by atoms with Gasteiger partial charge in [-0.2, -0.15) is 5.10 Å². The molecule has 186 valence electrons. The minimum absolute atomic E-state index is 0.208. The number of aromatic nitrogens is 4. The maximum atomic E-state index is 14.9. The molecule has 0 atom stereocenters. The maximum Gasteiger partial charge on any atom is 0.251 e. The summed E-state index contributed by atoms with van der Waals surface area (Å²) in [6, 6.07) is 10.2. The molecule has 36 heavy (non-hydrogen) atoms. The number of benzene rings is 2. The van der Waals surface area contributed by atoms with Gasteiger partial charge < -0.3 is 16.0 Å². The van der Waals surface area contributed by atoms with Gasteiger partial charge in [-0.3, -0.25) is 14.9 Å². The molecule has 0 unspecified atom stereocenters. The molecule has 9 heteroatoms. The minimum Gasteiger partial charge on any atom is -0.355 e. The van der Waals surface area contributed by atoms with E-state index in [0.717, 1.165) is 55.5 Å². The van der Waals surface area contributed by atoms with Crippen molar-refractivity contribution in [1.82, 2.24) is 25.5 Å². The smallest absolute Gasteiger partial charge is 0.251 e. The largest absolute Gasteiger partial charge is 0.355 e. The second kappa shape index (κ2) is 10.4. The van der Waals surface area contributed by atoms with Gasteiger partial charge in [0.2, 0.25) is 0 Å². The van der Waals surface area contributed by atoms with Gasteiger partial charge in [0.05, 0.1) is 17.9 Å². The van der Waals surface area contributed by atoms with Gasteiger partial charge in [-0.25, -0.2) is 9.37 Å². The van der Waals surface area contributed by atoms with Crippen molar-refractivity contribution in [2.45, 2.75) is 38.6 Å². The number of nitrogens with one attached hydrogen (secondary N) is 2. The summed E-state index contributed by atoms with van der Waals surface area (Å²) in [5.41, 5.74) is 9.56. The number of H-pyrrole nitrogens is 1. The standard InChI is InChI=1S/C27H30FN7O/c1-2-3-10-31-27(36)18-4-6-22(28)20(14-18)17-5-7-23-21(13-17)26(34-33-23)24-15-30-16-25(32-24)35-11-8-19(29)9-12-35/h4-7,13-16,19H,2-3,8-12,29H2,1H3,(H,31,36)(H,33,34). The highest BCUT2D eigenvalue weighted by atomic mass is 19.1. The fourth-order valence-corrected chi connectivity index (χ4v) is 4.50. The number of hydrogen-bond acceptors (Lipinski definition) is 6. The molecule has 3 heterocycles. The van der Waals surface area contributed by atoms with Crippen molar-refractivity contribution >= 4 is 22.6 Å². The first kappa shape index (κ1) is 23.9. The summed E-state index contributed by atoms with van der Waals surface area (Å²) < 4.78 is 14.9. The number of hydrogen-bond donors (Lipinski definition) is 3. The number of halogens is 1. The predicted molar refractivity (Wildman–Crippen MR) is 139 cm³/mol. The Hall–Kier alpha value is -3.85. The van der Waals surface area contributed by atoms with Crippen molar-refractivity contribution in [3.05, 3.63) is 60.2 Å². The first-order valence-corrected chi connectivity index (χ1v) is 12.4. The monoisotopic (exact) mass is 487 g/mol. The van der Waals surface area contributed by atoms with Crippen LogP contribution in [0.25, 0.3) is 33.4 Å². The van der Waals surface area contributed by atoms with Crippen molar-refractivity contribution in [1.29, 1.82) is 0 Å². The lowest BCUT2D eigenvalue weighted by Gasteiger charge is -2.30. The Bertz CT molecular complexity index is 1380. The summed E-state index contributed by atoms with van der Waals surface area (Å²) >= 11 is 0. The molecule has 1 fully saturated rings. The van der Waals surface area contributed by atoms with Crippen LogP contribution < -0.4 is 16.0 Å². The van der Waals surface area contributed by atoms with Crippen LogP contribution in [0.2, 0.25) is 0 Å². The van der Waals surface area contributed by atoms with Gasteiger partial charge >= 0.3 is 0 Å². The van der Waals surface area contributed by atoms with Crippen LogP contribution in [-0.4, -0.2) is 51.7 Å². The molecule has 4 aromatic rings. The van der Waals surface area contributed by atoms with Crippen LogP contribution in [-0.2, 0) is 0 Å². The number of carbonyl (C=O) groups is 1. The molecule has 1 amide bonds. The molecule has 1 aliphatic heterocycles. The lowest BCUT2D eigenvalue weighted by Crippen LogP contribution is -2.40. The first-order chi connectivity index (χ1) is 17.5. The SMILES string of the molecule is CCCCNC(=O)c1ccc(F)c(-c2ccc3[nH]nc(-c4cncc(N5CCC(N)CC5)n4)c3c2)c1. The van der Waals surface area contributed by atoms with Crippen LogP contribution in [0, 0.1) is 5.82 Å². The average molecular weight is 488 g/mol. The van der Waals surface area contributed by atoms with E-state index < -0.39 is 5.82 Å². The molecule has 0 aliphatic carbocycles. The second-order valence-electron chi connectivity index (χ2n) is 9.22. The van der Waals surface area contributed by atoms with Crippen molar-refractivity contribution in [2.75, 3.05) is 24.5 Å². The van der Waals surface area contributed by atoms with Crippen LogP contribution in [0.15, 0.2) is 48.8 Å². The highest BCUT2D eigenvalue weighted by Crippen LogP contribution is 2.32. The van der Waals surface area contributed by atoms with Gasteiger partial charge in [-0.1, -0.05) is 19.4 Å². The summed E-state index contributed by atoms with van der Waals surface area (Å²) in [6.45, 7) is 4.34. The summed E-state index contributed by atoms with van der Waals surface area (Å²) in [6.07, 6.45) is 7.16. The fraction of sp³-hybridized carbons (Fsp3) is 0.333. The van der Waals surface area contributed by atoms with E-state index in [1.54, 1.807) is 18.5 Å². The van der Waals surface area contributed by atoms with E-state index in [1.807, 2.05) is 18.2 Å². The number of aromatic amines is 1. The zero-order chi connectivity index (χ0) is 25.1. The Morgan fingerprint density at radius 2 is 2.03 bits per heavy atom. The first-order valence-electron chi connectivity index (χ1n) is 12.4. The maximum absolute atomic E-state index is 14.9. The van der Waals surface area contributed by atoms with Gasteiger partial charge in [-0.05, 0) is 55.2 Å². The molecule has 1 aliphatic rings. The van der Waals surface area contributed by atoms with Crippen molar-refractivity contribution in [3.8, 4) is 22.5 Å². The van der Waals surface area contributed by atoms with Crippen molar-refractivity contribution < 1.29 is 9.18 Å². The molecule has 1 saturated heterocycles. The Kier molecular flexibility index (Phi) is 6.90. The van der Waals surface area contributed by atoms with E-state index in [-0.39, 0.29) is 11.9 Å². The number of nitrogens with two attached hydrogens (primary N) is 1. The van der Waals surface area contributed by atoms with E-state index in [0.29, 0.717) is 34.6 Å². The molecule has 4 N–H and O–H groups in total. The van der Waals surface area contributed by atoms with Gasteiger partial charge in [0.15, 0.2) is 0 Å². The number of rotatable bonds is 7. The van der Waals surface area contributed by atoms with Gasteiger partial charge in [-0.15, -0.1) is 0 Å². The zero-order valence-electron chi connectivity index (χ0n) is 20.3. The quantitative estimate of drug-likeness (QED) is 0.335. The molecule has 0 bridgehead atoms. The van der Waals surface area contributed by atoms with E-state index in [9.17, 15) is 9.18 Å². The molecule has 5 rings (SSSR count). The Morgan fingerprint density at radius 1 is 1.19 bits per heavy atom. The van der Waals surface area contributed by atoms with Crippen molar-refractivity contribution in [2.24, 2.45) is 5.73 Å². The fourth-order valence-electron chi connectivity index (χ4n) is 4.50. The Labute approximate surface area is 209 Å². The number of carbonyl (C=O) groups excluding carboxylic acids is 1. The van der Waals surface area contributed by atoms with Crippen molar-refractivity contribution in [3.63, 3.8) is 0 Å². The van der Waals surface area contributed by atoms with Crippen LogP contribution in [0.3, 0.4) is 0 Å². The van der Waals surface area contributed by atoms with Crippen LogP contribution >= 0.6 is 0 Å². The highest BCUT2D eigenvalue weighted by molar-refractivity contribution is 5.97. The van der Waals surface area contributed by atoms with E-state index in [4.69, 9.17) is 10.7 Å². The number of piperidine rings is 1. The zero-order valence-corrected chi connectivity index (χ0v) is 20.3. The van der Waals surface area contributed by atoms with Crippen LogP contribution in [0.5, 0.6) is 0 Å². The number of fused-ring (bicyclic) bond motifs is 1. The van der Waals surface area contributed by atoms with Gasteiger partial charge in [0, 0.05) is 42.2 Å². The third-order valence-corrected chi connectivity index (χ3v) is 6.65. The summed E-state index contributed by atoms with van der Waals surface area (Å²) in [5.74, 6) is 0.190. The number of amides is 1. The molecule has 8 nitrogen and oxygen atoms in total. The Morgan fingerprint density at radius 3 is 2.83 bits per heavy atom. The minimum atomic E-state index is -0.394. The third kappa shape index (κ3) is 4.92. The number of nitrogens with zero attached hydrogens (tertiary/aromatic N) is 4. The topological polar surface area (TPSA) is 113 Å². The lowest BCUT2D eigenvalue weighted by atomic mass is 9.99. The normalized spacial score (nSPS) is 14.4. The number of anilines is 1. The Balaban J connectivity index is 1.47. The van der Waals surface area contributed by atoms with Crippen LogP contribution in [0.4, 0.5) is 10.2 Å². The highest BCUT2D eigenvalue weighted by Gasteiger charge is 2.19. The van der Waals surface area contributed by atoms with Gasteiger partial charge in [0.1, 0.15) is 23.0 Å².